The van der Waals surface area contributed by atoms with Crippen molar-refractivity contribution in [2.75, 3.05) is 10.6 Å². The monoisotopic (exact) mass is 356 g/mol. The van der Waals surface area contributed by atoms with E-state index in [1.807, 2.05) is 0 Å². The van der Waals surface area contributed by atoms with Crippen molar-refractivity contribution in [1.82, 2.24) is 0 Å². The van der Waals surface area contributed by atoms with Gasteiger partial charge in [-0.2, -0.15) is 0 Å². The molecule has 1 aromatic heterocycles. The van der Waals surface area contributed by atoms with Crippen LogP contribution in [0.2, 0.25) is 0 Å². The Kier molecular flexibility index (Phi) is 5.36. The van der Waals surface area contributed by atoms with E-state index in [1.165, 1.54) is 6.42 Å². The number of hydrogen-bond donors (Lipinski definition) is 3. The number of carboxylic acids is 1. The number of hydrogen-bond acceptors (Lipinski definition) is 4. The van der Waals surface area contributed by atoms with Crippen molar-refractivity contribution in [3.8, 4) is 0 Å². The van der Waals surface area contributed by atoms with Crippen LogP contribution < -0.4 is 10.6 Å². The van der Waals surface area contributed by atoms with Gasteiger partial charge in [0.2, 0.25) is 5.91 Å². The molecular formula is C19H20N2O5. The van der Waals surface area contributed by atoms with E-state index in [1.54, 1.807) is 24.3 Å². The fourth-order valence-electron chi connectivity index (χ4n) is 3.04. The Hall–Kier alpha value is -3.09. The minimum absolute atomic E-state index is 0.00492. The van der Waals surface area contributed by atoms with E-state index in [-0.39, 0.29) is 23.1 Å². The number of nitrogens with one attached hydrogen (secondary N) is 2. The van der Waals surface area contributed by atoms with E-state index < -0.39 is 11.9 Å². The standard InChI is InChI=1S/C19H20N2O5/c22-17(12-5-2-1-3-6-12)20-14-7-4-8-15(10-14)21-18(23)16-9-13(11-26-16)19(24)25/h4,7-12H,1-3,5-6H2,(H,20,22)(H,21,23)(H,24,25). The number of rotatable bonds is 5. The molecule has 0 saturated heterocycles. The van der Waals surface area contributed by atoms with Gasteiger partial charge in [-0.25, -0.2) is 4.79 Å². The smallest absolute Gasteiger partial charge is 0.338 e. The van der Waals surface area contributed by atoms with Crippen LogP contribution in [0.25, 0.3) is 0 Å². The molecule has 0 unspecified atom stereocenters. The second-order valence-electron chi connectivity index (χ2n) is 6.36. The van der Waals surface area contributed by atoms with Gasteiger partial charge in [0.05, 0.1) is 5.56 Å². The zero-order valence-corrected chi connectivity index (χ0v) is 14.2. The summed E-state index contributed by atoms with van der Waals surface area (Å²) >= 11 is 0. The predicted molar refractivity (Wildman–Crippen MR) is 95.3 cm³/mol. The summed E-state index contributed by atoms with van der Waals surface area (Å²) in [6, 6.07) is 7.96. The summed E-state index contributed by atoms with van der Waals surface area (Å²) in [5, 5.41) is 14.4. The minimum atomic E-state index is -1.17. The van der Waals surface area contributed by atoms with Crippen LogP contribution in [0.15, 0.2) is 41.0 Å². The zero-order valence-electron chi connectivity index (χ0n) is 14.2. The quantitative estimate of drug-likeness (QED) is 0.756. The van der Waals surface area contributed by atoms with E-state index >= 15 is 0 Å². The summed E-state index contributed by atoms with van der Waals surface area (Å²) in [5.41, 5.74) is 0.984. The Morgan fingerprint density at radius 3 is 2.35 bits per heavy atom. The third kappa shape index (κ3) is 4.30. The van der Waals surface area contributed by atoms with Crippen LogP contribution in [0.1, 0.15) is 53.0 Å². The van der Waals surface area contributed by atoms with E-state index in [0.29, 0.717) is 11.4 Å². The third-order valence-electron chi connectivity index (χ3n) is 4.43. The molecule has 0 aliphatic heterocycles. The Labute approximate surface area is 150 Å². The first-order chi connectivity index (χ1) is 12.5. The number of carboxylic acid groups (broad SMARTS) is 1. The highest BCUT2D eigenvalue weighted by atomic mass is 16.4. The highest BCUT2D eigenvalue weighted by Gasteiger charge is 2.21. The maximum atomic E-state index is 12.3. The molecular weight excluding hydrogens is 336 g/mol. The van der Waals surface area contributed by atoms with Gasteiger partial charge in [0, 0.05) is 23.4 Å². The van der Waals surface area contributed by atoms with Gasteiger partial charge >= 0.3 is 5.97 Å². The fourth-order valence-corrected chi connectivity index (χ4v) is 3.04. The average molecular weight is 356 g/mol. The van der Waals surface area contributed by atoms with E-state index in [0.717, 1.165) is 38.0 Å². The molecule has 0 atom stereocenters. The number of carbonyl (C=O) groups is 3. The van der Waals surface area contributed by atoms with Gasteiger partial charge < -0.3 is 20.2 Å². The molecule has 26 heavy (non-hydrogen) atoms. The molecule has 1 heterocycles. The maximum Gasteiger partial charge on any atom is 0.338 e. The van der Waals surface area contributed by atoms with Gasteiger partial charge in [-0.1, -0.05) is 25.3 Å². The molecule has 136 valence electrons. The van der Waals surface area contributed by atoms with Gasteiger partial charge in [0.1, 0.15) is 6.26 Å². The molecule has 7 heteroatoms. The highest BCUT2D eigenvalue weighted by molar-refractivity contribution is 6.04. The predicted octanol–water partition coefficient (Wildman–Crippen LogP) is 3.75. The van der Waals surface area contributed by atoms with Crippen molar-refractivity contribution >= 4 is 29.2 Å². The van der Waals surface area contributed by atoms with Crippen molar-refractivity contribution in [2.24, 2.45) is 5.92 Å². The lowest BCUT2D eigenvalue weighted by atomic mass is 9.88. The lowest BCUT2D eigenvalue weighted by molar-refractivity contribution is -0.120. The second kappa shape index (κ2) is 7.86. The summed E-state index contributed by atoms with van der Waals surface area (Å²) < 4.78 is 4.97. The number of amides is 2. The molecule has 0 radical (unpaired) electrons. The number of carbonyl (C=O) groups excluding carboxylic acids is 2. The first-order valence-corrected chi connectivity index (χ1v) is 8.57. The van der Waals surface area contributed by atoms with Crippen LogP contribution in [0.3, 0.4) is 0 Å². The number of anilines is 2. The number of furan rings is 1. The Morgan fingerprint density at radius 1 is 1.00 bits per heavy atom. The lowest BCUT2D eigenvalue weighted by Crippen LogP contribution is -2.24. The Bertz CT molecular complexity index is 821. The molecule has 0 spiro atoms. The van der Waals surface area contributed by atoms with Gasteiger partial charge in [0.25, 0.3) is 5.91 Å². The van der Waals surface area contributed by atoms with Gasteiger partial charge in [-0.05, 0) is 31.0 Å². The molecule has 0 bridgehead atoms. The van der Waals surface area contributed by atoms with Gasteiger partial charge in [-0.15, -0.1) is 0 Å². The van der Waals surface area contributed by atoms with Crippen LogP contribution >= 0.6 is 0 Å². The van der Waals surface area contributed by atoms with Crippen LogP contribution in [0.5, 0.6) is 0 Å². The largest absolute Gasteiger partial charge is 0.478 e. The normalized spacial score (nSPS) is 14.6. The summed E-state index contributed by atoms with van der Waals surface area (Å²) in [6.07, 6.45) is 6.17. The van der Waals surface area contributed by atoms with Crippen molar-refractivity contribution in [3.05, 3.63) is 47.9 Å². The first kappa shape index (κ1) is 17.7. The summed E-state index contributed by atoms with van der Waals surface area (Å²) in [5.74, 6) is -1.78. The van der Waals surface area contributed by atoms with Gasteiger partial charge in [-0.3, -0.25) is 9.59 Å². The molecule has 1 aromatic carbocycles. The molecule has 1 saturated carbocycles. The molecule has 7 nitrogen and oxygen atoms in total. The van der Waals surface area contributed by atoms with Gasteiger partial charge in [0.15, 0.2) is 5.76 Å². The summed E-state index contributed by atoms with van der Waals surface area (Å²) in [4.78, 5) is 35.3. The first-order valence-electron chi connectivity index (χ1n) is 8.57. The lowest BCUT2D eigenvalue weighted by Gasteiger charge is -2.20. The molecule has 2 aromatic rings. The van der Waals surface area contributed by atoms with Crippen molar-refractivity contribution < 1.29 is 23.9 Å². The SMILES string of the molecule is O=C(O)c1coc(C(=O)Nc2cccc(NC(=O)C3CCCCC3)c2)c1. The van der Waals surface area contributed by atoms with Crippen molar-refractivity contribution in [1.29, 1.82) is 0 Å². The summed E-state index contributed by atoms with van der Waals surface area (Å²) in [7, 11) is 0. The molecule has 1 fully saturated rings. The zero-order chi connectivity index (χ0) is 18.5. The number of aromatic carboxylic acids is 1. The summed E-state index contributed by atoms with van der Waals surface area (Å²) in [6.45, 7) is 0. The van der Waals surface area contributed by atoms with Crippen LogP contribution in [0.4, 0.5) is 11.4 Å². The molecule has 2 amide bonds. The minimum Gasteiger partial charge on any atom is -0.478 e. The Morgan fingerprint density at radius 2 is 1.69 bits per heavy atom. The topological polar surface area (TPSA) is 109 Å². The molecule has 3 N–H and O–H groups in total. The second-order valence-corrected chi connectivity index (χ2v) is 6.36. The van der Waals surface area contributed by atoms with Crippen LogP contribution in [-0.4, -0.2) is 22.9 Å². The Balaban J connectivity index is 1.63. The third-order valence-corrected chi connectivity index (χ3v) is 4.43. The van der Waals surface area contributed by atoms with Crippen LogP contribution in [-0.2, 0) is 4.79 Å². The average Bonchev–Trinajstić information content (AvgIpc) is 3.13. The number of benzene rings is 1. The maximum absolute atomic E-state index is 12.3. The van der Waals surface area contributed by atoms with E-state index in [9.17, 15) is 14.4 Å². The molecule has 1 aliphatic carbocycles. The van der Waals surface area contributed by atoms with Crippen LogP contribution in [0, 0.1) is 5.92 Å². The van der Waals surface area contributed by atoms with E-state index in [4.69, 9.17) is 9.52 Å². The molecule has 3 rings (SSSR count). The fraction of sp³-hybridized carbons (Fsp3) is 0.316. The van der Waals surface area contributed by atoms with Crippen molar-refractivity contribution in [3.63, 3.8) is 0 Å². The highest BCUT2D eigenvalue weighted by Crippen LogP contribution is 2.25. The van der Waals surface area contributed by atoms with E-state index in [2.05, 4.69) is 10.6 Å². The van der Waals surface area contributed by atoms with Crippen molar-refractivity contribution in [2.45, 2.75) is 32.1 Å². The molecule has 1 aliphatic rings.